The minimum absolute atomic E-state index is 0.0374. The molecular weight excluding hydrogens is 296 g/mol. The van der Waals surface area contributed by atoms with E-state index in [2.05, 4.69) is 26.2 Å². The van der Waals surface area contributed by atoms with Crippen molar-refractivity contribution in [3.05, 3.63) is 52.1 Å². The summed E-state index contributed by atoms with van der Waals surface area (Å²) in [5.74, 6) is 0.00936. The van der Waals surface area contributed by atoms with Crippen LogP contribution in [0.5, 0.6) is 5.75 Å². The van der Waals surface area contributed by atoms with Crippen LogP contribution in [0.15, 0.2) is 41.0 Å². The van der Waals surface area contributed by atoms with Crippen molar-refractivity contribution in [1.82, 2.24) is 4.98 Å². The number of carbonyl (C=O) groups is 1. The zero-order valence-electron chi connectivity index (χ0n) is 9.64. The molecule has 0 fully saturated rings. The summed E-state index contributed by atoms with van der Waals surface area (Å²) in [5, 5.41) is 12.3. The Balaban J connectivity index is 2.19. The molecule has 0 saturated carbocycles. The van der Waals surface area contributed by atoms with Crippen molar-refractivity contribution in [2.75, 3.05) is 5.32 Å². The molecule has 0 saturated heterocycles. The number of hydrogen-bond acceptors (Lipinski definition) is 3. The first kappa shape index (κ1) is 12.6. The Morgan fingerprint density at radius 1 is 1.33 bits per heavy atom. The summed E-state index contributed by atoms with van der Waals surface area (Å²) in [6, 6.07) is 8.34. The predicted octanol–water partition coefficient (Wildman–Crippen LogP) is 3.11. The van der Waals surface area contributed by atoms with Crippen molar-refractivity contribution in [2.45, 2.75) is 6.92 Å². The second-order valence-electron chi connectivity index (χ2n) is 3.84. The van der Waals surface area contributed by atoms with E-state index < -0.39 is 0 Å². The molecule has 18 heavy (non-hydrogen) atoms. The maximum Gasteiger partial charge on any atom is 0.260 e. The number of rotatable bonds is 2. The number of nitrogens with zero attached hydrogens (tertiary/aromatic N) is 1. The Morgan fingerprint density at radius 2 is 2.11 bits per heavy atom. The second kappa shape index (κ2) is 5.18. The Bertz CT molecular complexity index is 582. The smallest absolute Gasteiger partial charge is 0.260 e. The standard InChI is InChI=1S/C13H11BrN2O2/c1-8-2-4-10(11(17)6-8)13(18)16-12-5-3-9(14)7-15-12/h2-7,17H,1H3,(H,15,16,18). The molecule has 0 unspecified atom stereocenters. The monoisotopic (exact) mass is 306 g/mol. The van der Waals surface area contributed by atoms with E-state index in [1.54, 1.807) is 36.5 Å². The highest BCUT2D eigenvalue weighted by atomic mass is 79.9. The maximum atomic E-state index is 11.9. The number of carbonyl (C=O) groups excluding carboxylic acids is 1. The number of amides is 1. The van der Waals surface area contributed by atoms with E-state index in [-0.39, 0.29) is 17.2 Å². The van der Waals surface area contributed by atoms with Gasteiger partial charge < -0.3 is 10.4 Å². The number of pyridine rings is 1. The molecule has 92 valence electrons. The van der Waals surface area contributed by atoms with Crippen molar-refractivity contribution in [2.24, 2.45) is 0 Å². The molecule has 0 atom stereocenters. The molecule has 0 spiro atoms. The van der Waals surface area contributed by atoms with Gasteiger partial charge in [-0.1, -0.05) is 6.07 Å². The highest BCUT2D eigenvalue weighted by Crippen LogP contribution is 2.19. The Morgan fingerprint density at radius 3 is 2.72 bits per heavy atom. The molecule has 1 aromatic heterocycles. The molecule has 1 amide bonds. The van der Waals surface area contributed by atoms with Crippen LogP contribution in [0, 0.1) is 6.92 Å². The zero-order chi connectivity index (χ0) is 13.1. The lowest BCUT2D eigenvalue weighted by Crippen LogP contribution is -2.13. The van der Waals surface area contributed by atoms with Crippen LogP contribution in [0.4, 0.5) is 5.82 Å². The van der Waals surface area contributed by atoms with Gasteiger partial charge in [-0.25, -0.2) is 4.98 Å². The number of phenolic OH excluding ortho intramolecular Hbond substituents is 1. The molecule has 0 aliphatic heterocycles. The number of aromatic nitrogens is 1. The number of benzene rings is 1. The fourth-order valence-corrected chi connectivity index (χ4v) is 1.70. The van der Waals surface area contributed by atoms with Gasteiger partial charge in [-0.05, 0) is 52.7 Å². The van der Waals surface area contributed by atoms with Crippen LogP contribution in [0.1, 0.15) is 15.9 Å². The van der Waals surface area contributed by atoms with E-state index >= 15 is 0 Å². The van der Waals surface area contributed by atoms with Crippen LogP contribution in [0.25, 0.3) is 0 Å². The van der Waals surface area contributed by atoms with Crippen molar-refractivity contribution in [3.63, 3.8) is 0 Å². The number of aromatic hydroxyl groups is 1. The lowest BCUT2D eigenvalue weighted by atomic mass is 10.1. The van der Waals surface area contributed by atoms with E-state index in [0.717, 1.165) is 10.0 Å². The predicted molar refractivity (Wildman–Crippen MR) is 72.7 cm³/mol. The Kier molecular flexibility index (Phi) is 3.62. The molecule has 0 bridgehead atoms. The average molecular weight is 307 g/mol. The molecular formula is C13H11BrN2O2. The largest absolute Gasteiger partial charge is 0.507 e. The number of halogens is 1. The first-order valence-corrected chi connectivity index (χ1v) is 6.08. The van der Waals surface area contributed by atoms with E-state index in [9.17, 15) is 9.90 Å². The number of nitrogens with one attached hydrogen (secondary N) is 1. The number of phenols is 1. The van der Waals surface area contributed by atoms with Crippen LogP contribution >= 0.6 is 15.9 Å². The van der Waals surface area contributed by atoms with Gasteiger partial charge in [0.15, 0.2) is 0 Å². The van der Waals surface area contributed by atoms with Crippen LogP contribution in [-0.4, -0.2) is 16.0 Å². The molecule has 2 aromatic rings. The quantitative estimate of drug-likeness (QED) is 0.896. The summed E-state index contributed by atoms with van der Waals surface area (Å²) in [6.07, 6.45) is 1.59. The van der Waals surface area contributed by atoms with Gasteiger partial charge in [-0.3, -0.25) is 4.79 Å². The average Bonchev–Trinajstić information content (AvgIpc) is 2.32. The SMILES string of the molecule is Cc1ccc(C(=O)Nc2ccc(Br)cn2)c(O)c1. The van der Waals surface area contributed by atoms with Crippen molar-refractivity contribution < 1.29 is 9.90 Å². The van der Waals surface area contributed by atoms with Crippen LogP contribution in [0.2, 0.25) is 0 Å². The number of aryl methyl sites for hydroxylation is 1. The Hall–Kier alpha value is -1.88. The zero-order valence-corrected chi connectivity index (χ0v) is 11.2. The molecule has 0 aliphatic carbocycles. The number of hydrogen-bond donors (Lipinski definition) is 2. The third-order valence-corrected chi connectivity index (χ3v) is 2.84. The van der Waals surface area contributed by atoms with Crippen molar-refractivity contribution >= 4 is 27.7 Å². The van der Waals surface area contributed by atoms with Gasteiger partial charge in [0, 0.05) is 10.7 Å². The first-order valence-electron chi connectivity index (χ1n) is 5.29. The summed E-state index contributed by atoms with van der Waals surface area (Å²) in [6.45, 7) is 1.84. The molecule has 2 N–H and O–H groups in total. The Labute approximate surface area is 113 Å². The summed E-state index contributed by atoms with van der Waals surface area (Å²) >= 11 is 3.26. The van der Waals surface area contributed by atoms with Gasteiger partial charge in [0.2, 0.25) is 0 Å². The third-order valence-electron chi connectivity index (χ3n) is 2.37. The van der Waals surface area contributed by atoms with Crippen LogP contribution < -0.4 is 5.32 Å². The molecule has 1 aromatic carbocycles. The van der Waals surface area contributed by atoms with Crippen LogP contribution in [-0.2, 0) is 0 Å². The summed E-state index contributed by atoms with van der Waals surface area (Å²) in [5.41, 5.74) is 1.12. The van der Waals surface area contributed by atoms with Gasteiger partial charge >= 0.3 is 0 Å². The lowest BCUT2D eigenvalue weighted by molar-refractivity contribution is 0.102. The van der Waals surface area contributed by atoms with E-state index in [1.165, 1.54) is 0 Å². The minimum Gasteiger partial charge on any atom is -0.507 e. The summed E-state index contributed by atoms with van der Waals surface area (Å²) < 4.78 is 0.832. The fraction of sp³-hybridized carbons (Fsp3) is 0.0769. The first-order chi connectivity index (χ1) is 8.56. The van der Waals surface area contributed by atoms with Crippen LogP contribution in [0.3, 0.4) is 0 Å². The molecule has 0 radical (unpaired) electrons. The molecule has 5 heteroatoms. The topological polar surface area (TPSA) is 62.2 Å². The summed E-state index contributed by atoms with van der Waals surface area (Å²) in [4.78, 5) is 15.9. The second-order valence-corrected chi connectivity index (χ2v) is 4.75. The highest BCUT2D eigenvalue weighted by molar-refractivity contribution is 9.10. The fourth-order valence-electron chi connectivity index (χ4n) is 1.47. The number of anilines is 1. The highest BCUT2D eigenvalue weighted by Gasteiger charge is 2.11. The molecule has 4 nitrogen and oxygen atoms in total. The van der Waals surface area contributed by atoms with Gasteiger partial charge in [-0.15, -0.1) is 0 Å². The third kappa shape index (κ3) is 2.87. The minimum atomic E-state index is -0.387. The van der Waals surface area contributed by atoms with Gasteiger partial charge in [0.05, 0.1) is 5.56 Å². The van der Waals surface area contributed by atoms with Gasteiger partial charge in [0.25, 0.3) is 5.91 Å². The molecule has 0 aliphatic rings. The van der Waals surface area contributed by atoms with Crippen molar-refractivity contribution in [3.8, 4) is 5.75 Å². The van der Waals surface area contributed by atoms with Gasteiger partial charge in [-0.2, -0.15) is 0 Å². The normalized spacial score (nSPS) is 10.1. The molecule has 1 heterocycles. The van der Waals surface area contributed by atoms with Gasteiger partial charge in [0.1, 0.15) is 11.6 Å². The van der Waals surface area contributed by atoms with E-state index in [0.29, 0.717) is 5.82 Å². The lowest BCUT2D eigenvalue weighted by Gasteiger charge is -2.06. The maximum absolute atomic E-state index is 11.9. The molecule has 2 rings (SSSR count). The summed E-state index contributed by atoms with van der Waals surface area (Å²) in [7, 11) is 0. The van der Waals surface area contributed by atoms with E-state index in [4.69, 9.17) is 0 Å². The van der Waals surface area contributed by atoms with E-state index in [1.807, 2.05) is 6.92 Å². The van der Waals surface area contributed by atoms with Crippen molar-refractivity contribution in [1.29, 1.82) is 0 Å².